The topological polar surface area (TPSA) is 59.6 Å². The first-order valence-electron chi connectivity index (χ1n) is 6.47. The summed E-state index contributed by atoms with van der Waals surface area (Å²) in [4.78, 5) is 12.1. The number of carbonyl (C=O) groups excluding carboxylic acids is 1. The number of carbonyl (C=O) groups is 1. The van der Waals surface area contributed by atoms with Crippen LogP contribution in [0.25, 0.3) is 0 Å². The SMILES string of the molecule is COc1ccccc1CNC(=O)[C@H]1NCCO[C@@H]1C.Cl. The average Bonchev–Trinajstić information content (AvgIpc) is 2.45. The first kappa shape index (κ1) is 16.8. The van der Waals surface area contributed by atoms with E-state index in [1.807, 2.05) is 31.2 Å². The second-order valence-electron chi connectivity index (χ2n) is 4.54. The Morgan fingerprint density at radius 2 is 2.25 bits per heavy atom. The van der Waals surface area contributed by atoms with E-state index < -0.39 is 0 Å². The van der Waals surface area contributed by atoms with Crippen LogP contribution >= 0.6 is 12.4 Å². The summed E-state index contributed by atoms with van der Waals surface area (Å²) in [5, 5.41) is 6.08. The van der Waals surface area contributed by atoms with Gasteiger partial charge in [0.05, 0.1) is 19.8 Å². The number of nitrogens with one attached hydrogen (secondary N) is 2. The molecule has 1 saturated heterocycles. The highest BCUT2D eigenvalue weighted by molar-refractivity contribution is 5.85. The van der Waals surface area contributed by atoms with E-state index >= 15 is 0 Å². The number of halogens is 1. The maximum atomic E-state index is 12.1. The van der Waals surface area contributed by atoms with E-state index in [0.29, 0.717) is 19.7 Å². The van der Waals surface area contributed by atoms with Crippen LogP contribution in [0, 0.1) is 0 Å². The van der Waals surface area contributed by atoms with Crippen LogP contribution in [0.15, 0.2) is 24.3 Å². The largest absolute Gasteiger partial charge is 0.496 e. The van der Waals surface area contributed by atoms with E-state index in [-0.39, 0.29) is 30.5 Å². The summed E-state index contributed by atoms with van der Waals surface area (Å²) in [5.74, 6) is 0.738. The molecule has 1 aliphatic rings. The first-order chi connectivity index (χ1) is 9.22. The van der Waals surface area contributed by atoms with Gasteiger partial charge >= 0.3 is 0 Å². The minimum absolute atomic E-state index is 0. The summed E-state index contributed by atoms with van der Waals surface area (Å²) < 4.78 is 10.7. The van der Waals surface area contributed by atoms with Crippen molar-refractivity contribution < 1.29 is 14.3 Å². The Kier molecular flexibility index (Phi) is 6.78. The lowest BCUT2D eigenvalue weighted by Crippen LogP contribution is -2.55. The van der Waals surface area contributed by atoms with Gasteiger partial charge in [0.1, 0.15) is 11.8 Å². The van der Waals surface area contributed by atoms with Crippen molar-refractivity contribution in [3.8, 4) is 5.75 Å². The molecule has 1 aromatic rings. The highest BCUT2D eigenvalue weighted by Gasteiger charge is 2.27. The molecule has 1 aliphatic heterocycles. The predicted octanol–water partition coefficient (Wildman–Crippen LogP) is 1.11. The van der Waals surface area contributed by atoms with Gasteiger partial charge in [-0.2, -0.15) is 0 Å². The molecule has 2 rings (SSSR count). The van der Waals surface area contributed by atoms with Gasteiger partial charge in [-0.25, -0.2) is 0 Å². The molecule has 0 spiro atoms. The maximum absolute atomic E-state index is 12.1. The number of rotatable bonds is 4. The Morgan fingerprint density at radius 3 is 2.95 bits per heavy atom. The van der Waals surface area contributed by atoms with Gasteiger partial charge in [0.15, 0.2) is 0 Å². The summed E-state index contributed by atoms with van der Waals surface area (Å²) in [6.45, 7) is 3.71. The molecule has 0 bridgehead atoms. The number of methoxy groups -OCH3 is 1. The molecule has 20 heavy (non-hydrogen) atoms. The number of ether oxygens (including phenoxy) is 2. The van der Waals surface area contributed by atoms with Gasteiger partial charge in [0.25, 0.3) is 0 Å². The van der Waals surface area contributed by atoms with Crippen LogP contribution in [-0.4, -0.2) is 38.3 Å². The molecule has 0 unspecified atom stereocenters. The van der Waals surface area contributed by atoms with Crippen molar-refractivity contribution in [2.45, 2.75) is 25.6 Å². The molecule has 1 fully saturated rings. The van der Waals surface area contributed by atoms with Crippen LogP contribution in [0.5, 0.6) is 5.75 Å². The minimum atomic E-state index is -0.288. The quantitative estimate of drug-likeness (QED) is 0.874. The van der Waals surface area contributed by atoms with Gasteiger partial charge in [-0.05, 0) is 13.0 Å². The van der Waals surface area contributed by atoms with Crippen LogP contribution in [0.4, 0.5) is 0 Å². The van der Waals surface area contributed by atoms with E-state index in [4.69, 9.17) is 9.47 Å². The summed E-state index contributed by atoms with van der Waals surface area (Å²) in [7, 11) is 1.62. The lowest BCUT2D eigenvalue weighted by atomic mass is 10.1. The van der Waals surface area contributed by atoms with Crippen molar-refractivity contribution in [3.05, 3.63) is 29.8 Å². The smallest absolute Gasteiger partial charge is 0.240 e. The number of amides is 1. The third kappa shape index (κ3) is 4.10. The number of benzene rings is 1. The number of para-hydroxylation sites is 1. The highest BCUT2D eigenvalue weighted by Crippen LogP contribution is 2.16. The molecule has 0 aromatic heterocycles. The van der Waals surface area contributed by atoms with Gasteiger partial charge in [0, 0.05) is 18.7 Å². The van der Waals surface area contributed by atoms with Crippen LogP contribution in [-0.2, 0) is 16.1 Å². The van der Waals surface area contributed by atoms with Crippen molar-refractivity contribution in [1.82, 2.24) is 10.6 Å². The fraction of sp³-hybridized carbons (Fsp3) is 0.500. The summed E-state index contributed by atoms with van der Waals surface area (Å²) in [6.07, 6.45) is -0.105. The Labute approximate surface area is 125 Å². The van der Waals surface area contributed by atoms with Crippen molar-refractivity contribution >= 4 is 18.3 Å². The molecular weight excluding hydrogens is 280 g/mol. The Morgan fingerprint density at radius 1 is 1.50 bits per heavy atom. The third-order valence-electron chi connectivity index (χ3n) is 3.24. The van der Waals surface area contributed by atoms with Gasteiger partial charge in [-0.1, -0.05) is 18.2 Å². The van der Waals surface area contributed by atoms with Gasteiger partial charge in [-0.3, -0.25) is 4.79 Å². The van der Waals surface area contributed by atoms with E-state index in [1.165, 1.54) is 0 Å². The van der Waals surface area contributed by atoms with Crippen LogP contribution in [0.1, 0.15) is 12.5 Å². The zero-order valence-electron chi connectivity index (χ0n) is 11.7. The van der Waals surface area contributed by atoms with Crippen LogP contribution < -0.4 is 15.4 Å². The summed E-state index contributed by atoms with van der Waals surface area (Å²) in [5.41, 5.74) is 0.961. The number of morpholine rings is 1. The van der Waals surface area contributed by atoms with E-state index in [2.05, 4.69) is 10.6 Å². The molecule has 0 radical (unpaired) electrons. The van der Waals surface area contributed by atoms with E-state index in [9.17, 15) is 4.79 Å². The van der Waals surface area contributed by atoms with E-state index in [1.54, 1.807) is 7.11 Å². The molecule has 0 saturated carbocycles. The van der Waals surface area contributed by atoms with Crippen molar-refractivity contribution in [1.29, 1.82) is 0 Å². The zero-order valence-corrected chi connectivity index (χ0v) is 12.5. The Hall–Kier alpha value is -1.30. The Bertz CT molecular complexity index is 442. The minimum Gasteiger partial charge on any atom is -0.496 e. The second-order valence-corrected chi connectivity index (χ2v) is 4.54. The van der Waals surface area contributed by atoms with Crippen LogP contribution in [0.3, 0.4) is 0 Å². The molecule has 0 aliphatic carbocycles. The zero-order chi connectivity index (χ0) is 13.7. The van der Waals surface area contributed by atoms with Gasteiger partial charge in [-0.15, -0.1) is 12.4 Å². The molecule has 1 amide bonds. The van der Waals surface area contributed by atoms with Gasteiger partial charge in [0.2, 0.25) is 5.91 Å². The summed E-state index contributed by atoms with van der Waals surface area (Å²) >= 11 is 0. The van der Waals surface area contributed by atoms with E-state index in [0.717, 1.165) is 11.3 Å². The maximum Gasteiger partial charge on any atom is 0.240 e. The molecule has 6 heteroatoms. The molecule has 1 aromatic carbocycles. The van der Waals surface area contributed by atoms with Crippen LogP contribution in [0.2, 0.25) is 0 Å². The fourth-order valence-electron chi connectivity index (χ4n) is 2.17. The summed E-state index contributed by atoms with van der Waals surface area (Å²) in [6, 6.07) is 7.36. The van der Waals surface area contributed by atoms with Crippen molar-refractivity contribution in [2.75, 3.05) is 20.3 Å². The normalized spacial score (nSPS) is 21.7. The lowest BCUT2D eigenvalue weighted by molar-refractivity contribution is -0.129. The van der Waals surface area contributed by atoms with Crippen molar-refractivity contribution in [3.63, 3.8) is 0 Å². The predicted molar refractivity (Wildman–Crippen MR) is 79.3 cm³/mol. The monoisotopic (exact) mass is 300 g/mol. The fourth-order valence-corrected chi connectivity index (χ4v) is 2.17. The average molecular weight is 301 g/mol. The highest BCUT2D eigenvalue weighted by atomic mass is 35.5. The van der Waals surface area contributed by atoms with Crippen molar-refractivity contribution in [2.24, 2.45) is 0 Å². The Balaban J connectivity index is 0.00000200. The number of hydrogen-bond acceptors (Lipinski definition) is 4. The number of hydrogen-bond donors (Lipinski definition) is 2. The molecule has 1 heterocycles. The second kappa shape index (κ2) is 8.09. The molecule has 5 nitrogen and oxygen atoms in total. The standard InChI is InChI=1S/C14H20N2O3.ClH/c1-10-13(15-7-8-19-10)14(17)16-9-11-5-3-4-6-12(11)18-2;/h3-6,10,13,15H,7-9H2,1-2H3,(H,16,17);1H/t10-,13+;/m1./s1. The molecular formula is C14H21ClN2O3. The molecule has 112 valence electrons. The third-order valence-corrected chi connectivity index (χ3v) is 3.24. The first-order valence-corrected chi connectivity index (χ1v) is 6.47. The molecule has 2 atom stereocenters. The molecule has 2 N–H and O–H groups in total. The lowest BCUT2D eigenvalue weighted by Gasteiger charge is -2.29. The van der Waals surface area contributed by atoms with Gasteiger partial charge < -0.3 is 20.1 Å².